The Labute approximate surface area is 87.7 Å². The van der Waals surface area contributed by atoms with Crippen LogP contribution in [0.15, 0.2) is 12.1 Å². The Bertz CT molecular complexity index is 417. The number of nitrogens with one attached hydrogen (secondary N) is 2. The quantitative estimate of drug-likeness (QED) is 0.777. The lowest BCUT2D eigenvalue weighted by Crippen LogP contribution is -2.27. The van der Waals surface area contributed by atoms with Gasteiger partial charge in [0.25, 0.3) is 0 Å². The van der Waals surface area contributed by atoms with E-state index in [-0.39, 0.29) is 11.7 Å². The lowest BCUT2D eigenvalue weighted by atomic mass is 10.0. The fraction of sp³-hybridized carbons (Fsp3) is 0.364. The van der Waals surface area contributed by atoms with E-state index in [9.17, 15) is 9.18 Å². The molecule has 1 aromatic carbocycles. The molecule has 1 atom stereocenters. The molecule has 1 amide bonds. The molecule has 2 rings (SSSR count). The highest BCUT2D eigenvalue weighted by atomic mass is 19.1. The van der Waals surface area contributed by atoms with Gasteiger partial charge in [0.2, 0.25) is 5.91 Å². The zero-order valence-corrected chi connectivity index (χ0v) is 8.73. The zero-order valence-electron chi connectivity index (χ0n) is 8.73. The van der Waals surface area contributed by atoms with Crippen molar-refractivity contribution in [1.82, 2.24) is 5.32 Å². The average molecular weight is 208 g/mol. The molecule has 0 aliphatic carbocycles. The van der Waals surface area contributed by atoms with Crippen molar-refractivity contribution in [3.05, 3.63) is 29.1 Å². The summed E-state index contributed by atoms with van der Waals surface area (Å²) in [5, 5.41) is 5.67. The molecule has 0 bridgehead atoms. The first kappa shape index (κ1) is 10.1. The highest BCUT2D eigenvalue weighted by Gasteiger charge is 2.33. The Kier molecular flexibility index (Phi) is 2.44. The fourth-order valence-electron chi connectivity index (χ4n) is 1.88. The van der Waals surface area contributed by atoms with Crippen molar-refractivity contribution in [2.45, 2.75) is 19.9 Å². The summed E-state index contributed by atoms with van der Waals surface area (Å²) < 4.78 is 13.6. The van der Waals surface area contributed by atoms with Crippen LogP contribution in [0.1, 0.15) is 24.1 Å². The number of hydrogen-bond donors (Lipinski definition) is 2. The van der Waals surface area contributed by atoms with Crippen LogP contribution >= 0.6 is 0 Å². The minimum Gasteiger partial charge on any atom is -0.324 e. The van der Waals surface area contributed by atoms with Gasteiger partial charge in [-0.1, -0.05) is 13.0 Å². The molecule has 0 aromatic heterocycles. The molecule has 0 radical (unpaired) electrons. The van der Waals surface area contributed by atoms with E-state index in [2.05, 4.69) is 10.6 Å². The highest BCUT2D eigenvalue weighted by Crippen LogP contribution is 2.35. The second kappa shape index (κ2) is 3.62. The van der Waals surface area contributed by atoms with Crippen LogP contribution < -0.4 is 10.6 Å². The molecular weight excluding hydrogens is 195 g/mol. The topological polar surface area (TPSA) is 41.1 Å². The largest absolute Gasteiger partial charge is 0.324 e. The number of fused-ring (bicyclic) bond motifs is 1. The maximum absolute atomic E-state index is 13.6. The van der Waals surface area contributed by atoms with Crippen molar-refractivity contribution in [2.24, 2.45) is 0 Å². The van der Waals surface area contributed by atoms with Crippen molar-refractivity contribution < 1.29 is 9.18 Å². The lowest BCUT2D eigenvalue weighted by molar-refractivity contribution is -0.117. The minimum absolute atomic E-state index is 0.181. The third-order valence-corrected chi connectivity index (χ3v) is 2.61. The Morgan fingerprint density at radius 1 is 1.53 bits per heavy atom. The molecule has 1 aliphatic heterocycles. The number of hydrogen-bond acceptors (Lipinski definition) is 2. The Morgan fingerprint density at radius 3 is 2.93 bits per heavy atom. The average Bonchev–Trinajstić information content (AvgIpc) is 2.53. The second-order valence-electron chi connectivity index (χ2n) is 3.63. The van der Waals surface area contributed by atoms with E-state index in [1.54, 1.807) is 6.07 Å². The van der Waals surface area contributed by atoms with E-state index in [4.69, 9.17) is 0 Å². The molecule has 1 heterocycles. The summed E-state index contributed by atoms with van der Waals surface area (Å²) in [6.07, 6.45) is 0. The minimum atomic E-state index is -0.551. The van der Waals surface area contributed by atoms with Gasteiger partial charge in [0, 0.05) is 5.56 Å². The summed E-state index contributed by atoms with van der Waals surface area (Å²) in [7, 11) is 0. The number of carbonyl (C=O) groups is 1. The third kappa shape index (κ3) is 1.51. The Hall–Kier alpha value is -1.42. The maximum Gasteiger partial charge on any atom is 0.246 e. The van der Waals surface area contributed by atoms with Crippen molar-refractivity contribution in [2.75, 3.05) is 11.9 Å². The molecule has 4 heteroatoms. The Morgan fingerprint density at radius 2 is 2.27 bits per heavy atom. The van der Waals surface area contributed by atoms with Gasteiger partial charge in [0.05, 0.1) is 5.69 Å². The maximum atomic E-state index is 13.6. The van der Waals surface area contributed by atoms with Crippen LogP contribution in [-0.4, -0.2) is 12.5 Å². The molecule has 80 valence electrons. The van der Waals surface area contributed by atoms with Gasteiger partial charge in [0.1, 0.15) is 11.9 Å². The lowest BCUT2D eigenvalue weighted by Gasteiger charge is -2.10. The van der Waals surface area contributed by atoms with Crippen LogP contribution in [0.2, 0.25) is 0 Å². The van der Waals surface area contributed by atoms with Crippen LogP contribution in [0.4, 0.5) is 10.1 Å². The van der Waals surface area contributed by atoms with Gasteiger partial charge >= 0.3 is 0 Å². The number of likely N-dealkylation sites (N-methyl/N-ethyl adjacent to an activating group) is 1. The first-order chi connectivity index (χ1) is 7.15. The molecule has 0 saturated heterocycles. The Balaban J connectivity index is 2.52. The SMILES string of the molecule is CCNC1C(=O)Nc2c(C)ccc(F)c21. The second-order valence-corrected chi connectivity index (χ2v) is 3.63. The number of benzene rings is 1. The number of halogens is 1. The van der Waals surface area contributed by atoms with Crippen LogP contribution in [-0.2, 0) is 4.79 Å². The number of aryl methyl sites for hydroxylation is 1. The summed E-state index contributed by atoms with van der Waals surface area (Å²) in [6.45, 7) is 4.37. The first-order valence-electron chi connectivity index (χ1n) is 4.98. The summed E-state index contributed by atoms with van der Waals surface area (Å²) in [4.78, 5) is 11.6. The van der Waals surface area contributed by atoms with E-state index < -0.39 is 6.04 Å². The van der Waals surface area contributed by atoms with Crippen LogP contribution in [0.5, 0.6) is 0 Å². The van der Waals surface area contributed by atoms with E-state index in [1.165, 1.54) is 6.07 Å². The summed E-state index contributed by atoms with van der Waals surface area (Å²) in [6, 6.07) is 2.52. The molecule has 1 aromatic rings. The number of rotatable bonds is 2. The summed E-state index contributed by atoms with van der Waals surface area (Å²) >= 11 is 0. The molecular formula is C11H13FN2O. The van der Waals surface area contributed by atoms with E-state index in [0.717, 1.165) is 5.56 Å². The van der Waals surface area contributed by atoms with Crippen molar-refractivity contribution in [1.29, 1.82) is 0 Å². The van der Waals surface area contributed by atoms with Gasteiger partial charge in [-0.05, 0) is 25.1 Å². The van der Waals surface area contributed by atoms with Crippen molar-refractivity contribution in [3.63, 3.8) is 0 Å². The molecule has 2 N–H and O–H groups in total. The normalized spacial score (nSPS) is 18.9. The van der Waals surface area contributed by atoms with Crippen molar-refractivity contribution in [3.8, 4) is 0 Å². The molecule has 1 aliphatic rings. The van der Waals surface area contributed by atoms with Gasteiger partial charge in [0.15, 0.2) is 0 Å². The fourth-order valence-corrected chi connectivity index (χ4v) is 1.88. The van der Waals surface area contributed by atoms with E-state index in [1.807, 2.05) is 13.8 Å². The molecule has 15 heavy (non-hydrogen) atoms. The molecule has 0 saturated carbocycles. The number of anilines is 1. The molecule has 1 unspecified atom stereocenters. The van der Waals surface area contributed by atoms with Gasteiger partial charge in [-0.15, -0.1) is 0 Å². The van der Waals surface area contributed by atoms with Crippen LogP contribution in [0.25, 0.3) is 0 Å². The molecule has 0 spiro atoms. The molecule has 0 fully saturated rings. The predicted octanol–water partition coefficient (Wildman–Crippen LogP) is 1.74. The van der Waals surface area contributed by atoms with Gasteiger partial charge in [-0.3, -0.25) is 4.79 Å². The third-order valence-electron chi connectivity index (χ3n) is 2.61. The number of amides is 1. The summed E-state index contributed by atoms with van der Waals surface area (Å²) in [5.74, 6) is -0.514. The van der Waals surface area contributed by atoms with E-state index in [0.29, 0.717) is 17.8 Å². The smallest absolute Gasteiger partial charge is 0.246 e. The monoisotopic (exact) mass is 208 g/mol. The standard InChI is InChI=1S/C11H13FN2O/c1-3-13-10-8-7(12)5-4-6(2)9(8)14-11(10)15/h4-5,10,13H,3H2,1-2H3,(H,14,15). The van der Waals surface area contributed by atoms with E-state index >= 15 is 0 Å². The van der Waals surface area contributed by atoms with Gasteiger partial charge < -0.3 is 10.6 Å². The van der Waals surface area contributed by atoms with Gasteiger partial charge in [-0.2, -0.15) is 0 Å². The molecule has 3 nitrogen and oxygen atoms in total. The van der Waals surface area contributed by atoms with Gasteiger partial charge in [-0.25, -0.2) is 4.39 Å². The predicted molar refractivity (Wildman–Crippen MR) is 56.2 cm³/mol. The zero-order chi connectivity index (χ0) is 11.0. The first-order valence-corrected chi connectivity index (χ1v) is 4.98. The highest BCUT2D eigenvalue weighted by molar-refractivity contribution is 6.03. The summed E-state index contributed by atoms with van der Waals surface area (Å²) in [5.41, 5.74) is 1.95. The van der Waals surface area contributed by atoms with Crippen LogP contribution in [0, 0.1) is 12.7 Å². The van der Waals surface area contributed by atoms with Crippen molar-refractivity contribution >= 4 is 11.6 Å². The van der Waals surface area contributed by atoms with Crippen LogP contribution in [0.3, 0.4) is 0 Å². The number of carbonyl (C=O) groups excluding carboxylic acids is 1.